The number of hydrogen-bond acceptors (Lipinski definition) is 3. The van der Waals surface area contributed by atoms with Crippen LogP contribution < -0.4 is 0 Å². The highest BCUT2D eigenvalue weighted by Crippen LogP contribution is 2.35. The Morgan fingerprint density at radius 3 is 2.93 bits per heavy atom. The van der Waals surface area contributed by atoms with Crippen LogP contribution in [-0.2, 0) is 5.88 Å². The van der Waals surface area contributed by atoms with Crippen molar-refractivity contribution in [1.29, 1.82) is 5.26 Å². The lowest BCUT2D eigenvalue weighted by molar-refractivity contribution is 1.46. The Morgan fingerprint density at radius 1 is 1.50 bits per heavy atom. The molecule has 0 bridgehead atoms. The number of rotatable bonds is 1. The van der Waals surface area contributed by atoms with Crippen molar-refractivity contribution in [2.45, 2.75) is 10.1 Å². The minimum absolute atomic E-state index is 0.468. The van der Waals surface area contributed by atoms with Crippen LogP contribution in [-0.4, -0.2) is 0 Å². The summed E-state index contributed by atoms with van der Waals surface area (Å²) >= 11 is 11.6. The molecule has 0 fully saturated rings. The molecule has 0 saturated carbocycles. The van der Waals surface area contributed by atoms with Crippen LogP contribution in [0.2, 0.25) is 0 Å². The number of thiophene rings is 1. The molecule has 2 aromatic rings. The molecule has 0 spiro atoms. The minimum atomic E-state index is 0.468. The minimum Gasteiger partial charge on any atom is -0.192 e. The lowest BCUT2D eigenvalue weighted by atomic mass is 10.1. The molecule has 2 rings (SSSR count). The predicted octanol–water partition coefficient (Wildman–Crippen LogP) is 3.80. The van der Waals surface area contributed by atoms with Crippen LogP contribution >= 0.6 is 35.6 Å². The third kappa shape index (κ3) is 1.40. The maximum atomic E-state index is 8.94. The van der Waals surface area contributed by atoms with Gasteiger partial charge in [-0.1, -0.05) is 18.2 Å². The zero-order valence-corrected chi connectivity index (χ0v) is 9.59. The molecule has 0 saturated heterocycles. The largest absolute Gasteiger partial charge is 0.192 e. The molecular weight excluding hydrogens is 234 g/mol. The van der Waals surface area contributed by atoms with E-state index in [4.69, 9.17) is 16.9 Å². The van der Waals surface area contributed by atoms with E-state index in [9.17, 15) is 0 Å². The predicted molar refractivity (Wildman–Crippen MR) is 63.3 cm³/mol. The lowest BCUT2D eigenvalue weighted by Gasteiger charge is -1.96. The van der Waals surface area contributed by atoms with E-state index in [-0.39, 0.29) is 0 Å². The van der Waals surface area contributed by atoms with Crippen LogP contribution in [0, 0.1) is 11.3 Å². The summed E-state index contributed by atoms with van der Waals surface area (Å²) in [6.07, 6.45) is 0. The average Bonchev–Trinajstić information content (AvgIpc) is 2.52. The first-order valence-corrected chi connectivity index (χ1v) is 5.77. The summed E-state index contributed by atoms with van der Waals surface area (Å²) in [5, 5.41) is 9.90. The van der Waals surface area contributed by atoms with Gasteiger partial charge in [-0.15, -0.1) is 35.6 Å². The van der Waals surface area contributed by atoms with E-state index >= 15 is 0 Å². The van der Waals surface area contributed by atoms with E-state index in [2.05, 4.69) is 18.7 Å². The lowest BCUT2D eigenvalue weighted by Crippen LogP contribution is -1.77. The molecule has 0 aliphatic carbocycles. The fraction of sp³-hybridized carbons (Fsp3) is 0.100. The van der Waals surface area contributed by atoms with Gasteiger partial charge in [-0.2, -0.15) is 5.26 Å². The molecule has 0 radical (unpaired) electrons. The van der Waals surface area contributed by atoms with Crippen LogP contribution in [0.25, 0.3) is 10.1 Å². The Bertz CT molecular complexity index is 525. The molecule has 4 heteroatoms. The van der Waals surface area contributed by atoms with Gasteiger partial charge in [0.25, 0.3) is 0 Å². The molecule has 70 valence electrons. The Labute approximate surface area is 96.3 Å². The Balaban J connectivity index is 2.87. The van der Waals surface area contributed by atoms with E-state index in [0.29, 0.717) is 11.4 Å². The van der Waals surface area contributed by atoms with Gasteiger partial charge < -0.3 is 0 Å². The van der Waals surface area contributed by atoms with Gasteiger partial charge in [0, 0.05) is 16.0 Å². The van der Waals surface area contributed by atoms with E-state index in [1.54, 1.807) is 0 Å². The fourth-order valence-electron chi connectivity index (χ4n) is 1.38. The van der Waals surface area contributed by atoms with Crippen molar-refractivity contribution >= 4 is 45.7 Å². The Hall–Kier alpha value is -0.690. The highest BCUT2D eigenvalue weighted by molar-refractivity contribution is 7.83. The SMILES string of the molecule is N#Cc1c(S)sc2c(CCl)cccc12. The molecule has 1 aromatic heterocycles. The summed E-state index contributed by atoms with van der Waals surface area (Å²) in [5.74, 6) is 0.468. The van der Waals surface area contributed by atoms with Crippen LogP contribution in [0.15, 0.2) is 22.4 Å². The van der Waals surface area contributed by atoms with Crippen molar-refractivity contribution in [3.63, 3.8) is 0 Å². The second-order valence-electron chi connectivity index (χ2n) is 2.82. The van der Waals surface area contributed by atoms with Crippen molar-refractivity contribution in [2.24, 2.45) is 0 Å². The third-order valence-corrected chi connectivity index (χ3v) is 3.90. The van der Waals surface area contributed by atoms with Crippen molar-refractivity contribution in [3.8, 4) is 6.07 Å². The van der Waals surface area contributed by atoms with Crippen LogP contribution in [0.3, 0.4) is 0 Å². The van der Waals surface area contributed by atoms with Crippen LogP contribution in [0.1, 0.15) is 11.1 Å². The first-order valence-electron chi connectivity index (χ1n) is 3.97. The fourth-order valence-corrected chi connectivity index (χ4v) is 3.13. The molecule has 0 aliphatic heterocycles. The Morgan fingerprint density at radius 2 is 2.29 bits per heavy atom. The standard InChI is InChI=1S/C10H6ClNS2/c11-4-6-2-1-3-7-8(5-12)10(13)14-9(6)7/h1-3,13H,4H2. The second-order valence-corrected chi connectivity index (χ2v) is 4.86. The molecule has 1 aromatic carbocycles. The molecular formula is C10H6ClNS2. The van der Waals surface area contributed by atoms with Crippen molar-refractivity contribution < 1.29 is 0 Å². The van der Waals surface area contributed by atoms with Gasteiger partial charge in [-0.25, -0.2) is 0 Å². The summed E-state index contributed by atoms with van der Waals surface area (Å²) in [4.78, 5) is 0. The number of halogens is 1. The third-order valence-electron chi connectivity index (χ3n) is 2.03. The van der Waals surface area contributed by atoms with Gasteiger partial charge in [-0.3, -0.25) is 0 Å². The first kappa shape index (κ1) is 9.85. The quantitative estimate of drug-likeness (QED) is 0.594. The number of benzene rings is 1. The van der Waals surface area contributed by atoms with Gasteiger partial charge in [0.05, 0.1) is 9.77 Å². The molecule has 1 heterocycles. The molecule has 0 aliphatic rings. The molecule has 14 heavy (non-hydrogen) atoms. The number of nitriles is 1. The molecule has 0 N–H and O–H groups in total. The van der Waals surface area contributed by atoms with Gasteiger partial charge in [0.15, 0.2) is 0 Å². The van der Waals surface area contributed by atoms with Crippen LogP contribution in [0.5, 0.6) is 0 Å². The maximum Gasteiger partial charge on any atom is 0.102 e. The van der Waals surface area contributed by atoms with E-state index in [0.717, 1.165) is 19.9 Å². The van der Waals surface area contributed by atoms with Crippen molar-refractivity contribution in [1.82, 2.24) is 0 Å². The Kier molecular flexibility index (Phi) is 2.69. The number of nitrogens with zero attached hydrogens (tertiary/aromatic N) is 1. The number of alkyl halides is 1. The molecule has 0 unspecified atom stereocenters. The van der Waals surface area contributed by atoms with Crippen molar-refractivity contribution in [3.05, 3.63) is 29.3 Å². The summed E-state index contributed by atoms with van der Waals surface area (Å²) in [6, 6.07) is 7.98. The normalized spacial score (nSPS) is 10.4. The van der Waals surface area contributed by atoms with E-state index in [1.807, 2.05) is 18.2 Å². The first-order chi connectivity index (χ1) is 6.77. The summed E-state index contributed by atoms with van der Waals surface area (Å²) in [6.45, 7) is 0. The monoisotopic (exact) mass is 239 g/mol. The summed E-state index contributed by atoms with van der Waals surface area (Å²) in [5.41, 5.74) is 1.71. The number of fused-ring (bicyclic) bond motifs is 1. The van der Waals surface area contributed by atoms with Gasteiger partial charge in [-0.05, 0) is 5.56 Å². The molecule has 0 amide bonds. The van der Waals surface area contributed by atoms with Crippen LogP contribution in [0.4, 0.5) is 0 Å². The second kappa shape index (κ2) is 3.82. The van der Waals surface area contributed by atoms with Gasteiger partial charge in [0.1, 0.15) is 6.07 Å². The highest BCUT2D eigenvalue weighted by atomic mass is 35.5. The molecule has 0 atom stereocenters. The van der Waals surface area contributed by atoms with Crippen molar-refractivity contribution in [2.75, 3.05) is 0 Å². The number of hydrogen-bond donors (Lipinski definition) is 1. The zero-order chi connectivity index (χ0) is 10.1. The van der Waals surface area contributed by atoms with Gasteiger partial charge in [0.2, 0.25) is 0 Å². The van der Waals surface area contributed by atoms with Gasteiger partial charge >= 0.3 is 0 Å². The molecule has 1 nitrogen and oxygen atoms in total. The number of thiol groups is 1. The summed E-state index contributed by atoms with van der Waals surface area (Å²) < 4.78 is 1.84. The summed E-state index contributed by atoms with van der Waals surface area (Å²) in [7, 11) is 0. The average molecular weight is 240 g/mol. The van der Waals surface area contributed by atoms with E-state index < -0.39 is 0 Å². The highest BCUT2D eigenvalue weighted by Gasteiger charge is 2.11. The maximum absolute atomic E-state index is 8.94. The zero-order valence-electron chi connectivity index (χ0n) is 7.12. The topological polar surface area (TPSA) is 23.8 Å². The van der Waals surface area contributed by atoms with E-state index in [1.165, 1.54) is 11.3 Å². The smallest absolute Gasteiger partial charge is 0.102 e.